The molecule has 1 aromatic carbocycles. The van der Waals surface area contributed by atoms with Crippen LogP contribution in [0.15, 0.2) is 18.2 Å². The highest BCUT2D eigenvalue weighted by atomic mass is 16.7. The van der Waals surface area contributed by atoms with E-state index in [9.17, 15) is 9.59 Å². The molecule has 0 bridgehead atoms. The van der Waals surface area contributed by atoms with Gasteiger partial charge >= 0.3 is 13.1 Å². The Balaban J connectivity index is 2.46. The lowest BCUT2D eigenvalue weighted by molar-refractivity contribution is 0.00578. The molecule has 2 rings (SSSR count). The molecule has 6 nitrogen and oxygen atoms in total. The first-order valence-corrected chi connectivity index (χ1v) is 9.94. The van der Waals surface area contributed by atoms with Crippen molar-refractivity contribution in [3.63, 3.8) is 0 Å². The Morgan fingerprint density at radius 3 is 1.93 bits per heavy atom. The van der Waals surface area contributed by atoms with Gasteiger partial charge in [0.2, 0.25) is 0 Å². The Labute approximate surface area is 168 Å². The topological polar surface area (TPSA) is 65.1 Å². The SMILES string of the molecule is CCCN(CCC)C(=O)c1cc(B2OC(C)(C)C(C)(C)O2)cc(C(=O)OC)c1. The van der Waals surface area contributed by atoms with Crippen LogP contribution in [0, 0.1) is 0 Å². The van der Waals surface area contributed by atoms with Crippen molar-refractivity contribution >= 4 is 24.5 Å². The second kappa shape index (κ2) is 8.66. The molecule has 0 aromatic heterocycles. The van der Waals surface area contributed by atoms with Crippen LogP contribution in [0.2, 0.25) is 0 Å². The van der Waals surface area contributed by atoms with Crippen LogP contribution in [0.25, 0.3) is 0 Å². The molecule has 1 heterocycles. The highest BCUT2D eigenvalue weighted by Gasteiger charge is 2.52. The second-order valence-electron chi connectivity index (χ2n) is 8.22. The zero-order valence-electron chi connectivity index (χ0n) is 18.1. The van der Waals surface area contributed by atoms with Crippen molar-refractivity contribution in [3.8, 4) is 0 Å². The predicted octanol–water partition coefficient (Wildman–Crippen LogP) is 3.03. The zero-order valence-corrected chi connectivity index (χ0v) is 18.1. The van der Waals surface area contributed by atoms with Crippen LogP contribution in [-0.2, 0) is 14.0 Å². The van der Waals surface area contributed by atoms with Crippen LogP contribution in [0.3, 0.4) is 0 Å². The minimum Gasteiger partial charge on any atom is -0.465 e. The van der Waals surface area contributed by atoms with Gasteiger partial charge < -0.3 is 18.9 Å². The largest absolute Gasteiger partial charge is 0.494 e. The number of carbonyl (C=O) groups excluding carboxylic acids is 2. The van der Waals surface area contributed by atoms with Gasteiger partial charge in [0.05, 0.1) is 23.9 Å². The summed E-state index contributed by atoms with van der Waals surface area (Å²) >= 11 is 0. The number of esters is 1. The number of methoxy groups -OCH3 is 1. The van der Waals surface area contributed by atoms with E-state index in [0.717, 1.165) is 12.8 Å². The smallest absolute Gasteiger partial charge is 0.465 e. The lowest BCUT2D eigenvalue weighted by atomic mass is 9.77. The van der Waals surface area contributed by atoms with Crippen molar-refractivity contribution < 1.29 is 23.6 Å². The van der Waals surface area contributed by atoms with E-state index in [1.165, 1.54) is 7.11 Å². The Kier molecular flexibility index (Phi) is 6.94. The molecule has 1 aliphatic rings. The summed E-state index contributed by atoms with van der Waals surface area (Å²) in [5, 5.41) is 0. The molecule has 1 amide bonds. The fourth-order valence-electron chi connectivity index (χ4n) is 3.16. The minimum absolute atomic E-state index is 0.104. The zero-order chi connectivity index (χ0) is 21.1. The van der Waals surface area contributed by atoms with Crippen LogP contribution in [-0.4, -0.2) is 55.3 Å². The van der Waals surface area contributed by atoms with E-state index in [1.807, 2.05) is 46.4 Å². The molecule has 1 saturated heterocycles. The maximum atomic E-state index is 13.1. The maximum absolute atomic E-state index is 13.1. The Bertz CT molecular complexity index is 710. The standard InChI is InChI=1S/C21H32BNO5/c1-8-10-23(11-9-2)18(24)15-12-16(19(25)26-7)14-17(13-15)22-27-20(3,4)21(5,6)28-22/h12-14H,8-11H2,1-7H3. The number of amides is 1. The summed E-state index contributed by atoms with van der Waals surface area (Å²) in [6.07, 6.45) is 1.74. The molecule has 0 aliphatic carbocycles. The van der Waals surface area contributed by atoms with Crippen LogP contribution in [0.4, 0.5) is 0 Å². The van der Waals surface area contributed by atoms with Crippen molar-refractivity contribution in [2.75, 3.05) is 20.2 Å². The normalized spacial score (nSPS) is 17.5. The van der Waals surface area contributed by atoms with Crippen molar-refractivity contribution in [3.05, 3.63) is 29.3 Å². The van der Waals surface area contributed by atoms with E-state index >= 15 is 0 Å². The molecule has 0 radical (unpaired) electrons. The fourth-order valence-corrected chi connectivity index (χ4v) is 3.16. The van der Waals surface area contributed by atoms with E-state index in [-0.39, 0.29) is 5.91 Å². The van der Waals surface area contributed by atoms with E-state index in [4.69, 9.17) is 14.0 Å². The third-order valence-corrected chi connectivity index (χ3v) is 5.42. The Morgan fingerprint density at radius 1 is 0.964 bits per heavy atom. The van der Waals surface area contributed by atoms with E-state index < -0.39 is 24.3 Å². The summed E-state index contributed by atoms with van der Waals surface area (Å²) in [6.45, 7) is 13.3. The molecule has 1 aromatic rings. The van der Waals surface area contributed by atoms with Gasteiger partial charge in [0, 0.05) is 18.7 Å². The summed E-state index contributed by atoms with van der Waals surface area (Å²) in [7, 11) is 0.665. The van der Waals surface area contributed by atoms with E-state index in [0.29, 0.717) is 29.7 Å². The van der Waals surface area contributed by atoms with Gasteiger partial charge in [-0.15, -0.1) is 0 Å². The van der Waals surface area contributed by atoms with Crippen LogP contribution in [0.1, 0.15) is 75.1 Å². The summed E-state index contributed by atoms with van der Waals surface area (Å²) in [5.74, 6) is -0.600. The third-order valence-electron chi connectivity index (χ3n) is 5.42. The number of rotatable bonds is 7. The molecule has 1 aliphatic heterocycles. The number of hydrogen-bond donors (Lipinski definition) is 0. The van der Waals surface area contributed by atoms with Crippen molar-refractivity contribution in [1.82, 2.24) is 4.90 Å². The van der Waals surface area contributed by atoms with E-state index in [1.54, 1.807) is 18.2 Å². The van der Waals surface area contributed by atoms with Crippen LogP contribution >= 0.6 is 0 Å². The number of hydrogen-bond acceptors (Lipinski definition) is 5. The summed E-state index contributed by atoms with van der Waals surface area (Å²) in [5.41, 5.74) is 0.359. The monoisotopic (exact) mass is 389 g/mol. The van der Waals surface area contributed by atoms with Crippen LogP contribution in [0.5, 0.6) is 0 Å². The van der Waals surface area contributed by atoms with Gasteiger partial charge in [-0.3, -0.25) is 4.79 Å². The Hall–Kier alpha value is -1.86. The number of carbonyl (C=O) groups is 2. The molecule has 0 unspecified atom stereocenters. The van der Waals surface area contributed by atoms with Gasteiger partial charge in [0.1, 0.15) is 0 Å². The van der Waals surface area contributed by atoms with Crippen molar-refractivity contribution in [1.29, 1.82) is 0 Å². The highest BCUT2D eigenvalue weighted by molar-refractivity contribution is 6.62. The summed E-state index contributed by atoms with van der Waals surface area (Å²) < 4.78 is 17.1. The first-order chi connectivity index (χ1) is 13.1. The number of nitrogens with zero attached hydrogens (tertiary/aromatic N) is 1. The van der Waals surface area contributed by atoms with Crippen LogP contribution < -0.4 is 5.46 Å². The first-order valence-electron chi connectivity index (χ1n) is 9.94. The maximum Gasteiger partial charge on any atom is 0.494 e. The average molecular weight is 389 g/mol. The van der Waals surface area contributed by atoms with Gasteiger partial charge in [-0.25, -0.2) is 4.79 Å². The van der Waals surface area contributed by atoms with Gasteiger partial charge in [-0.1, -0.05) is 13.8 Å². The first kappa shape index (κ1) is 22.4. The highest BCUT2D eigenvalue weighted by Crippen LogP contribution is 2.36. The van der Waals surface area contributed by atoms with Gasteiger partial charge in [-0.2, -0.15) is 0 Å². The molecule has 28 heavy (non-hydrogen) atoms. The molecule has 154 valence electrons. The fraction of sp³-hybridized carbons (Fsp3) is 0.619. The lowest BCUT2D eigenvalue weighted by Crippen LogP contribution is -2.41. The quantitative estimate of drug-likeness (QED) is 0.530. The number of ether oxygens (including phenoxy) is 1. The Morgan fingerprint density at radius 2 is 1.46 bits per heavy atom. The molecule has 1 fully saturated rings. The second-order valence-corrected chi connectivity index (χ2v) is 8.22. The van der Waals surface area contributed by atoms with Crippen molar-refractivity contribution in [2.45, 2.75) is 65.6 Å². The average Bonchev–Trinajstić information content (AvgIpc) is 2.87. The molecule has 0 N–H and O–H groups in total. The molecule has 0 atom stereocenters. The minimum atomic E-state index is -0.660. The van der Waals surface area contributed by atoms with E-state index in [2.05, 4.69) is 0 Å². The molecule has 0 saturated carbocycles. The number of benzene rings is 1. The molecular formula is C21H32BNO5. The molecule has 0 spiro atoms. The lowest BCUT2D eigenvalue weighted by Gasteiger charge is -2.32. The van der Waals surface area contributed by atoms with Gasteiger partial charge in [0.25, 0.3) is 5.91 Å². The predicted molar refractivity (Wildman–Crippen MR) is 110 cm³/mol. The summed E-state index contributed by atoms with van der Waals surface area (Å²) in [6, 6.07) is 5.02. The molecule has 7 heteroatoms. The van der Waals surface area contributed by atoms with Crippen molar-refractivity contribution in [2.24, 2.45) is 0 Å². The van der Waals surface area contributed by atoms with Gasteiger partial charge in [0.15, 0.2) is 0 Å². The molecular weight excluding hydrogens is 357 g/mol. The third kappa shape index (κ3) is 4.58. The van der Waals surface area contributed by atoms with Gasteiger partial charge in [-0.05, 0) is 64.2 Å². The summed E-state index contributed by atoms with van der Waals surface area (Å²) in [4.78, 5) is 27.1.